The number of nitriles is 1. The Hall–Kier alpha value is -2.22. The smallest absolute Gasteiger partial charge is 0.322 e. The predicted molar refractivity (Wildman–Crippen MR) is 53.8 cm³/mol. The first kappa shape index (κ1) is 10.9. The normalized spacial score (nSPS) is 9.07. The molecule has 0 radical (unpaired) electrons. The molecule has 15 heavy (non-hydrogen) atoms. The first-order valence-corrected chi connectivity index (χ1v) is 4.21. The highest BCUT2D eigenvalue weighted by Gasteiger charge is 2.05. The van der Waals surface area contributed by atoms with Crippen molar-refractivity contribution in [2.24, 2.45) is 0 Å². The molecule has 0 bridgehead atoms. The summed E-state index contributed by atoms with van der Waals surface area (Å²) in [5.41, 5.74) is 1.02. The first-order chi connectivity index (χ1) is 7.17. The van der Waals surface area contributed by atoms with E-state index >= 15 is 0 Å². The van der Waals surface area contributed by atoms with Crippen LogP contribution in [-0.4, -0.2) is 24.7 Å². The van der Waals surface area contributed by atoms with Gasteiger partial charge in [-0.05, 0) is 12.1 Å². The SMILES string of the molecule is COc1cc(C#N)ccc1NCC(=O)O. The van der Waals surface area contributed by atoms with E-state index in [2.05, 4.69) is 5.32 Å². The van der Waals surface area contributed by atoms with Gasteiger partial charge in [-0.3, -0.25) is 4.79 Å². The summed E-state index contributed by atoms with van der Waals surface area (Å²) in [6.45, 7) is -0.192. The van der Waals surface area contributed by atoms with Crippen LogP contribution >= 0.6 is 0 Å². The lowest BCUT2D eigenvalue weighted by Crippen LogP contribution is -2.12. The second-order valence-corrected chi connectivity index (χ2v) is 2.77. The molecule has 5 heteroatoms. The maximum absolute atomic E-state index is 10.3. The number of carbonyl (C=O) groups is 1. The molecule has 0 saturated carbocycles. The quantitative estimate of drug-likeness (QED) is 0.769. The molecule has 1 rings (SSSR count). The van der Waals surface area contributed by atoms with Crippen molar-refractivity contribution >= 4 is 11.7 Å². The molecule has 0 unspecified atom stereocenters. The number of hydrogen-bond acceptors (Lipinski definition) is 4. The molecule has 0 heterocycles. The Bertz CT molecular complexity index is 410. The van der Waals surface area contributed by atoms with Gasteiger partial charge in [0.25, 0.3) is 0 Å². The Kier molecular flexibility index (Phi) is 3.52. The summed E-state index contributed by atoms with van der Waals surface area (Å²) < 4.78 is 5.01. The molecule has 0 saturated heterocycles. The van der Waals surface area contributed by atoms with Crippen molar-refractivity contribution in [1.82, 2.24) is 0 Å². The van der Waals surface area contributed by atoms with Gasteiger partial charge in [-0.25, -0.2) is 0 Å². The van der Waals surface area contributed by atoms with Gasteiger partial charge in [0.05, 0.1) is 24.4 Å². The lowest BCUT2D eigenvalue weighted by molar-refractivity contribution is -0.134. The number of nitrogens with zero attached hydrogens (tertiary/aromatic N) is 1. The number of hydrogen-bond donors (Lipinski definition) is 2. The number of carboxylic acid groups (broad SMARTS) is 1. The first-order valence-electron chi connectivity index (χ1n) is 4.21. The van der Waals surface area contributed by atoms with Crippen LogP contribution in [0.3, 0.4) is 0 Å². The Labute approximate surface area is 86.9 Å². The standard InChI is InChI=1S/C10H10N2O3/c1-15-9-4-7(5-11)2-3-8(9)12-6-10(13)14/h2-4,12H,6H2,1H3,(H,13,14). The fraction of sp³-hybridized carbons (Fsp3) is 0.200. The Morgan fingerprint density at radius 1 is 1.67 bits per heavy atom. The number of methoxy groups -OCH3 is 1. The zero-order valence-corrected chi connectivity index (χ0v) is 8.15. The summed E-state index contributed by atoms with van der Waals surface area (Å²) >= 11 is 0. The highest BCUT2D eigenvalue weighted by atomic mass is 16.5. The van der Waals surface area contributed by atoms with Crippen LogP contribution in [0.2, 0.25) is 0 Å². The fourth-order valence-electron chi connectivity index (χ4n) is 1.08. The van der Waals surface area contributed by atoms with E-state index in [1.165, 1.54) is 7.11 Å². The molecule has 78 valence electrons. The maximum atomic E-state index is 10.3. The van der Waals surface area contributed by atoms with Crippen molar-refractivity contribution in [3.63, 3.8) is 0 Å². The lowest BCUT2D eigenvalue weighted by atomic mass is 10.2. The topological polar surface area (TPSA) is 82.3 Å². The molecule has 5 nitrogen and oxygen atoms in total. The van der Waals surface area contributed by atoms with Crippen LogP contribution < -0.4 is 10.1 Å². The molecular weight excluding hydrogens is 196 g/mol. The van der Waals surface area contributed by atoms with E-state index in [0.29, 0.717) is 17.0 Å². The zero-order chi connectivity index (χ0) is 11.3. The average Bonchev–Trinajstić information content (AvgIpc) is 2.25. The third kappa shape index (κ3) is 2.88. The Morgan fingerprint density at radius 3 is 2.93 bits per heavy atom. The highest BCUT2D eigenvalue weighted by Crippen LogP contribution is 2.24. The van der Waals surface area contributed by atoms with Crippen molar-refractivity contribution in [3.8, 4) is 11.8 Å². The number of benzene rings is 1. The predicted octanol–water partition coefficient (Wildman–Crippen LogP) is 1.06. The molecule has 0 atom stereocenters. The van der Waals surface area contributed by atoms with Gasteiger partial charge in [0, 0.05) is 6.07 Å². The van der Waals surface area contributed by atoms with Crippen molar-refractivity contribution in [2.45, 2.75) is 0 Å². The van der Waals surface area contributed by atoms with Gasteiger partial charge in [0.2, 0.25) is 0 Å². The van der Waals surface area contributed by atoms with E-state index in [4.69, 9.17) is 15.1 Å². The van der Waals surface area contributed by atoms with Gasteiger partial charge in [0.15, 0.2) is 0 Å². The second kappa shape index (κ2) is 4.86. The number of nitrogens with one attached hydrogen (secondary N) is 1. The zero-order valence-electron chi connectivity index (χ0n) is 8.15. The van der Waals surface area contributed by atoms with Crippen molar-refractivity contribution in [2.75, 3.05) is 19.0 Å². The van der Waals surface area contributed by atoms with Gasteiger partial charge in [-0.2, -0.15) is 5.26 Å². The van der Waals surface area contributed by atoms with E-state index in [1.54, 1.807) is 18.2 Å². The molecule has 0 amide bonds. The minimum Gasteiger partial charge on any atom is -0.495 e. The van der Waals surface area contributed by atoms with E-state index in [9.17, 15) is 4.79 Å². The van der Waals surface area contributed by atoms with Crippen LogP contribution in [0.1, 0.15) is 5.56 Å². The summed E-state index contributed by atoms with van der Waals surface area (Å²) in [6, 6.07) is 6.72. The van der Waals surface area contributed by atoms with Crippen LogP contribution in [0, 0.1) is 11.3 Å². The fourth-order valence-corrected chi connectivity index (χ4v) is 1.08. The summed E-state index contributed by atoms with van der Waals surface area (Å²) in [6.07, 6.45) is 0. The number of rotatable bonds is 4. The molecule has 0 aliphatic rings. The van der Waals surface area contributed by atoms with Crippen LogP contribution in [0.15, 0.2) is 18.2 Å². The van der Waals surface area contributed by atoms with Crippen LogP contribution in [-0.2, 0) is 4.79 Å². The highest BCUT2D eigenvalue weighted by molar-refractivity contribution is 5.74. The molecule has 1 aromatic rings. The van der Waals surface area contributed by atoms with Crippen LogP contribution in [0.5, 0.6) is 5.75 Å². The van der Waals surface area contributed by atoms with Gasteiger partial charge in [0.1, 0.15) is 12.3 Å². The minimum atomic E-state index is -0.957. The third-order valence-corrected chi connectivity index (χ3v) is 1.76. The molecule has 0 aliphatic heterocycles. The molecule has 0 spiro atoms. The van der Waals surface area contributed by atoms with Crippen molar-refractivity contribution in [3.05, 3.63) is 23.8 Å². The number of carboxylic acids is 1. The van der Waals surface area contributed by atoms with Gasteiger partial charge < -0.3 is 15.2 Å². The van der Waals surface area contributed by atoms with E-state index in [-0.39, 0.29) is 6.54 Å². The minimum absolute atomic E-state index is 0.192. The molecule has 0 fully saturated rings. The molecule has 0 aromatic heterocycles. The van der Waals surface area contributed by atoms with E-state index in [1.807, 2.05) is 6.07 Å². The molecule has 1 aromatic carbocycles. The second-order valence-electron chi connectivity index (χ2n) is 2.77. The van der Waals surface area contributed by atoms with E-state index < -0.39 is 5.97 Å². The molecule has 2 N–H and O–H groups in total. The lowest BCUT2D eigenvalue weighted by Gasteiger charge is -2.09. The van der Waals surface area contributed by atoms with E-state index in [0.717, 1.165) is 0 Å². The van der Waals surface area contributed by atoms with Crippen LogP contribution in [0.25, 0.3) is 0 Å². The summed E-state index contributed by atoms with van der Waals surface area (Å²) in [7, 11) is 1.46. The number of anilines is 1. The average molecular weight is 206 g/mol. The molecular formula is C10H10N2O3. The summed E-state index contributed by atoms with van der Waals surface area (Å²) in [4.78, 5) is 10.3. The van der Waals surface area contributed by atoms with Crippen molar-refractivity contribution in [1.29, 1.82) is 5.26 Å². The largest absolute Gasteiger partial charge is 0.495 e. The van der Waals surface area contributed by atoms with Gasteiger partial charge in [-0.1, -0.05) is 0 Å². The molecule has 0 aliphatic carbocycles. The summed E-state index contributed by atoms with van der Waals surface area (Å²) in [5, 5.41) is 19.8. The third-order valence-electron chi connectivity index (χ3n) is 1.76. The Balaban J connectivity index is 2.88. The summed E-state index contributed by atoms with van der Waals surface area (Å²) in [5.74, 6) is -0.503. The Morgan fingerprint density at radius 2 is 2.40 bits per heavy atom. The van der Waals surface area contributed by atoms with Crippen molar-refractivity contribution < 1.29 is 14.6 Å². The van der Waals surface area contributed by atoms with Crippen LogP contribution in [0.4, 0.5) is 5.69 Å². The number of aliphatic carboxylic acids is 1. The number of ether oxygens (including phenoxy) is 1. The van der Waals surface area contributed by atoms with Gasteiger partial charge >= 0.3 is 5.97 Å². The maximum Gasteiger partial charge on any atom is 0.322 e. The monoisotopic (exact) mass is 206 g/mol. The van der Waals surface area contributed by atoms with Gasteiger partial charge in [-0.15, -0.1) is 0 Å².